The van der Waals surface area contributed by atoms with Crippen LogP contribution in [0.5, 0.6) is 0 Å². The van der Waals surface area contributed by atoms with Gasteiger partial charge in [0.15, 0.2) is 4.96 Å². The van der Waals surface area contributed by atoms with Crippen molar-refractivity contribution in [2.24, 2.45) is 0 Å². The number of halogens is 1. The van der Waals surface area contributed by atoms with E-state index in [2.05, 4.69) is 4.98 Å². The summed E-state index contributed by atoms with van der Waals surface area (Å²) in [6.45, 7) is 3.34. The summed E-state index contributed by atoms with van der Waals surface area (Å²) in [6, 6.07) is 7.36. The van der Waals surface area contributed by atoms with Gasteiger partial charge in [0.1, 0.15) is 0 Å². The molecule has 2 N–H and O–H groups in total. The number of nitrogens with zero attached hydrogens (tertiary/aromatic N) is 2. The summed E-state index contributed by atoms with van der Waals surface area (Å²) in [6.07, 6.45) is 1.83. The lowest BCUT2D eigenvalue weighted by Crippen LogP contribution is -2.13. The van der Waals surface area contributed by atoms with E-state index in [0.29, 0.717) is 10.7 Å². The van der Waals surface area contributed by atoms with Crippen LogP contribution in [0.25, 0.3) is 16.2 Å². The Morgan fingerprint density at radius 2 is 1.95 bits per heavy atom. The Hall–Kier alpha value is -1.40. The maximum Gasteiger partial charge on any atom is 0.194 e. The number of imidazole rings is 1. The molecule has 0 aliphatic carbocycles. The standard InChI is InChI=1S/C15H15ClN2O2S/c1-15(2,20)12-7-18-11(8-19)13(17-14(18)21-12)9-3-5-10(16)6-4-9/h3-7,19-20H,8H2,1-2H3. The molecule has 0 fully saturated rings. The van der Waals surface area contributed by atoms with E-state index in [9.17, 15) is 10.2 Å². The molecule has 3 aromatic rings. The van der Waals surface area contributed by atoms with Gasteiger partial charge in [0.05, 0.1) is 28.5 Å². The van der Waals surface area contributed by atoms with Crippen LogP contribution in [0, 0.1) is 0 Å². The highest BCUT2D eigenvalue weighted by Gasteiger charge is 2.23. The molecule has 21 heavy (non-hydrogen) atoms. The molecular formula is C15H15ClN2O2S. The zero-order valence-electron chi connectivity index (χ0n) is 11.7. The van der Waals surface area contributed by atoms with Crippen LogP contribution >= 0.6 is 22.9 Å². The number of fused-ring (bicyclic) bond motifs is 1. The molecule has 0 atom stereocenters. The third-order valence-electron chi connectivity index (χ3n) is 3.30. The van der Waals surface area contributed by atoms with E-state index in [1.165, 1.54) is 11.3 Å². The van der Waals surface area contributed by atoms with Gasteiger partial charge in [0.25, 0.3) is 0 Å². The van der Waals surface area contributed by atoms with E-state index in [1.807, 2.05) is 22.7 Å². The predicted octanol–water partition coefficient (Wildman–Crippen LogP) is 3.44. The SMILES string of the molecule is CC(C)(O)c1cn2c(CO)c(-c3ccc(Cl)cc3)nc2s1. The molecule has 0 radical (unpaired) electrons. The average molecular weight is 323 g/mol. The Balaban J connectivity index is 2.16. The zero-order chi connectivity index (χ0) is 15.2. The monoisotopic (exact) mass is 322 g/mol. The lowest BCUT2D eigenvalue weighted by atomic mass is 10.1. The van der Waals surface area contributed by atoms with E-state index in [-0.39, 0.29) is 6.61 Å². The van der Waals surface area contributed by atoms with E-state index in [0.717, 1.165) is 21.1 Å². The van der Waals surface area contributed by atoms with Crippen molar-refractivity contribution in [3.63, 3.8) is 0 Å². The van der Waals surface area contributed by atoms with Crippen LogP contribution in [0.2, 0.25) is 5.02 Å². The van der Waals surface area contributed by atoms with Gasteiger partial charge in [-0.05, 0) is 26.0 Å². The lowest BCUT2D eigenvalue weighted by molar-refractivity contribution is 0.0822. The molecule has 0 aliphatic rings. The van der Waals surface area contributed by atoms with E-state index in [4.69, 9.17) is 11.6 Å². The summed E-state index contributed by atoms with van der Waals surface area (Å²) < 4.78 is 1.84. The highest BCUT2D eigenvalue weighted by molar-refractivity contribution is 7.17. The molecule has 4 nitrogen and oxygen atoms in total. The van der Waals surface area contributed by atoms with Crippen molar-refractivity contribution in [3.8, 4) is 11.3 Å². The fourth-order valence-electron chi connectivity index (χ4n) is 2.16. The zero-order valence-corrected chi connectivity index (χ0v) is 13.2. The molecule has 110 valence electrons. The minimum atomic E-state index is -0.918. The number of aliphatic hydroxyl groups is 2. The first-order valence-corrected chi connectivity index (χ1v) is 7.70. The van der Waals surface area contributed by atoms with Crippen LogP contribution in [-0.4, -0.2) is 19.6 Å². The van der Waals surface area contributed by atoms with Crippen molar-refractivity contribution >= 4 is 27.9 Å². The average Bonchev–Trinajstić information content (AvgIpc) is 2.96. The maximum absolute atomic E-state index is 10.1. The largest absolute Gasteiger partial charge is 0.390 e. The minimum absolute atomic E-state index is 0.124. The Labute approximate surface area is 131 Å². The van der Waals surface area contributed by atoms with E-state index >= 15 is 0 Å². The van der Waals surface area contributed by atoms with Gasteiger partial charge < -0.3 is 10.2 Å². The molecule has 0 saturated heterocycles. The second-order valence-electron chi connectivity index (χ2n) is 5.38. The van der Waals surface area contributed by atoms with Gasteiger partial charge in [-0.1, -0.05) is 35.1 Å². The first kappa shape index (κ1) is 14.5. The Morgan fingerprint density at radius 1 is 1.29 bits per heavy atom. The van der Waals surface area contributed by atoms with Crippen LogP contribution in [0.3, 0.4) is 0 Å². The number of rotatable bonds is 3. The summed E-state index contributed by atoms with van der Waals surface area (Å²) in [5.74, 6) is 0. The third-order valence-corrected chi connectivity index (χ3v) is 4.84. The van der Waals surface area contributed by atoms with Crippen molar-refractivity contribution in [1.82, 2.24) is 9.38 Å². The molecule has 0 unspecified atom stereocenters. The fraction of sp³-hybridized carbons (Fsp3) is 0.267. The van der Waals surface area contributed by atoms with Crippen molar-refractivity contribution < 1.29 is 10.2 Å². The molecule has 0 amide bonds. The fourth-order valence-corrected chi connectivity index (χ4v) is 3.29. The molecule has 0 aliphatic heterocycles. The molecular weight excluding hydrogens is 308 g/mol. The van der Waals surface area contributed by atoms with Crippen molar-refractivity contribution in [1.29, 1.82) is 0 Å². The van der Waals surface area contributed by atoms with Gasteiger partial charge >= 0.3 is 0 Å². The van der Waals surface area contributed by atoms with Gasteiger partial charge in [-0.3, -0.25) is 4.40 Å². The smallest absolute Gasteiger partial charge is 0.194 e. The molecule has 2 aromatic heterocycles. The molecule has 0 bridgehead atoms. The minimum Gasteiger partial charge on any atom is -0.390 e. The van der Waals surface area contributed by atoms with Gasteiger partial charge in [-0.15, -0.1) is 0 Å². The van der Waals surface area contributed by atoms with Gasteiger partial charge in [0.2, 0.25) is 0 Å². The summed E-state index contributed by atoms with van der Waals surface area (Å²) >= 11 is 7.32. The number of aromatic nitrogens is 2. The quantitative estimate of drug-likeness (QED) is 0.776. The van der Waals surface area contributed by atoms with Gasteiger partial charge in [0, 0.05) is 16.8 Å². The summed E-state index contributed by atoms with van der Waals surface area (Å²) in [5, 5.41) is 20.4. The Bertz CT molecular complexity index is 784. The van der Waals surface area contributed by atoms with Crippen LogP contribution in [-0.2, 0) is 12.2 Å². The van der Waals surface area contributed by atoms with Crippen molar-refractivity contribution in [2.75, 3.05) is 0 Å². The molecule has 0 saturated carbocycles. The number of hydrogen-bond donors (Lipinski definition) is 2. The second-order valence-corrected chi connectivity index (χ2v) is 6.82. The highest BCUT2D eigenvalue weighted by Crippen LogP contribution is 2.33. The van der Waals surface area contributed by atoms with Crippen LogP contribution in [0.4, 0.5) is 0 Å². The topological polar surface area (TPSA) is 57.8 Å². The Morgan fingerprint density at radius 3 is 2.52 bits per heavy atom. The first-order valence-electron chi connectivity index (χ1n) is 6.50. The third kappa shape index (κ3) is 2.58. The normalized spacial score (nSPS) is 12.2. The highest BCUT2D eigenvalue weighted by atomic mass is 35.5. The summed E-state index contributed by atoms with van der Waals surface area (Å²) in [4.78, 5) is 6.14. The molecule has 3 rings (SSSR count). The maximum atomic E-state index is 10.1. The number of hydrogen-bond acceptors (Lipinski definition) is 4. The molecule has 6 heteroatoms. The summed E-state index contributed by atoms with van der Waals surface area (Å²) in [5.41, 5.74) is 1.43. The second kappa shape index (κ2) is 5.10. The predicted molar refractivity (Wildman–Crippen MR) is 84.7 cm³/mol. The van der Waals surface area contributed by atoms with Gasteiger partial charge in [-0.25, -0.2) is 4.98 Å². The molecule has 2 heterocycles. The lowest BCUT2D eigenvalue weighted by Gasteiger charge is -2.13. The molecule has 0 spiro atoms. The van der Waals surface area contributed by atoms with Crippen LogP contribution in [0.1, 0.15) is 24.4 Å². The van der Waals surface area contributed by atoms with E-state index in [1.54, 1.807) is 26.0 Å². The number of aliphatic hydroxyl groups excluding tert-OH is 1. The van der Waals surface area contributed by atoms with Crippen LogP contribution in [0.15, 0.2) is 30.5 Å². The Kier molecular flexibility index (Phi) is 3.53. The van der Waals surface area contributed by atoms with Crippen molar-refractivity contribution in [2.45, 2.75) is 26.1 Å². The number of benzene rings is 1. The summed E-state index contributed by atoms with van der Waals surface area (Å²) in [7, 11) is 0. The van der Waals surface area contributed by atoms with Gasteiger partial charge in [-0.2, -0.15) is 0 Å². The molecule has 1 aromatic carbocycles. The number of thiazole rings is 1. The van der Waals surface area contributed by atoms with Crippen molar-refractivity contribution in [3.05, 3.63) is 46.1 Å². The van der Waals surface area contributed by atoms with E-state index < -0.39 is 5.60 Å². The first-order chi connectivity index (χ1) is 9.90. The van der Waals surface area contributed by atoms with Crippen LogP contribution < -0.4 is 0 Å².